The number of esters is 4. The second kappa shape index (κ2) is 72.6. The van der Waals surface area contributed by atoms with Crippen molar-refractivity contribution in [3.63, 3.8) is 0 Å². The number of unbranched alkanes of at least 4 members (excludes halogenated alkanes) is 49. The van der Waals surface area contributed by atoms with Gasteiger partial charge in [0.1, 0.15) is 19.3 Å². The zero-order valence-electron chi connectivity index (χ0n) is 65.5. The zero-order valence-corrected chi connectivity index (χ0v) is 67.3. The van der Waals surface area contributed by atoms with E-state index in [4.69, 9.17) is 37.0 Å². The molecule has 0 fully saturated rings. The Balaban J connectivity index is 5.18. The number of carbonyl (C=O) groups is 4. The lowest BCUT2D eigenvalue weighted by Crippen LogP contribution is -2.30. The van der Waals surface area contributed by atoms with Crippen molar-refractivity contribution >= 4 is 39.5 Å². The van der Waals surface area contributed by atoms with Crippen LogP contribution in [0.5, 0.6) is 0 Å². The van der Waals surface area contributed by atoms with Crippen molar-refractivity contribution in [2.45, 2.75) is 445 Å². The topological polar surface area (TPSA) is 237 Å². The number of hydrogen-bond donors (Lipinski definition) is 3. The van der Waals surface area contributed by atoms with E-state index >= 15 is 0 Å². The molecule has 0 rings (SSSR count). The van der Waals surface area contributed by atoms with Crippen molar-refractivity contribution in [3.8, 4) is 0 Å². The van der Waals surface area contributed by atoms with E-state index in [0.29, 0.717) is 25.7 Å². The second-order valence-electron chi connectivity index (χ2n) is 29.9. The summed E-state index contributed by atoms with van der Waals surface area (Å²) in [5, 5.41) is 10.6. The molecule has 0 saturated heterocycles. The Hall–Kier alpha value is -1.94. The Morgan fingerprint density at radius 2 is 0.510 bits per heavy atom. The van der Waals surface area contributed by atoms with Gasteiger partial charge in [-0.1, -0.05) is 375 Å². The molecular weight excluding hydrogens is 1310 g/mol. The lowest BCUT2D eigenvalue weighted by atomic mass is 9.99. The summed E-state index contributed by atoms with van der Waals surface area (Å²) in [6.07, 6.45) is 62.5. The van der Waals surface area contributed by atoms with Crippen LogP contribution < -0.4 is 0 Å². The lowest BCUT2D eigenvalue weighted by molar-refractivity contribution is -0.161. The summed E-state index contributed by atoms with van der Waals surface area (Å²) in [7, 11) is -9.91. The van der Waals surface area contributed by atoms with Gasteiger partial charge >= 0.3 is 39.5 Å². The molecule has 19 heteroatoms. The molecule has 0 aliphatic carbocycles. The average Bonchev–Trinajstić information content (AvgIpc) is 0.981. The summed E-state index contributed by atoms with van der Waals surface area (Å²) in [6.45, 7) is 9.68. The van der Waals surface area contributed by atoms with Crippen LogP contribution in [0.4, 0.5) is 0 Å². The molecule has 6 atom stereocenters. The lowest BCUT2D eigenvalue weighted by Gasteiger charge is -2.21. The minimum absolute atomic E-state index is 0.108. The average molecular weight is 1470 g/mol. The Kier molecular flexibility index (Phi) is 71.2. The van der Waals surface area contributed by atoms with E-state index in [1.165, 1.54) is 231 Å². The predicted molar refractivity (Wildman–Crippen MR) is 409 cm³/mol. The van der Waals surface area contributed by atoms with Crippen LogP contribution in [0.25, 0.3) is 0 Å². The van der Waals surface area contributed by atoms with E-state index < -0.39 is 97.5 Å². The molecule has 0 aliphatic heterocycles. The van der Waals surface area contributed by atoms with Crippen molar-refractivity contribution in [2.24, 2.45) is 11.8 Å². The van der Waals surface area contributed by atoms with Gasteiger partial charge in [-0.05, 0) is 37.5 Å². The van der Waals surface area contributed by atoms with E-state index in [2.05, 4.69) is 41.5 Å². The fourth-order valence-electron chi connectivity index (χ4n) is 12.5. The first-order valence-corrected chi connectivity index (χ1v) is 45.0. The highest BCUT2D eigenvalue weighted by molar-refractivity contribution is 7.47. The molecule has 3 unspecified atom stereocenters. The highest BCUT2D eigenvalue weighted by atomic mass is 31.2. The third-order valence-corrected chi connectivity index (χ3v) is 21.2. The van der Waals surface area contributed by atoms with Crippen LogP contribution in [0, 0.1) is 11.8 Å². The molecule has 0 bridgehead atoms. The highest BCUT2D eigenvalue weighted by Crippen LogP contribution is 2.45. The van der Waals surface area contributed by atoms with Gasteiger partial charge in [-0.3, -0.25) is 37.3 Å². The van der Waals surface area contributed by atoms with Gasteiger partial charge in [-0.2, -0.15) is 0 Å². The normalized spacial score (nSPS) is 14.2. The Morgan fingerprint density at radius 1 is 0.290 bits per heavy atom. The molecule has 0 heterocycles. The zero-order chi connectivity index (χ0) is 73.5. The van der Waals surface area contributed by atoms with Crippen LogP contribution in [0.15, 0.2) is 0 Å². The van der Waals surface area contributed by atoms with Gasteiger partial charge < -0.3 is 33.8 Å². The highest BCUT2D eigenvalue weighted by Gasteiger charge is 2.30. The minimum atomic E-state index is -4.96. The van der Waals surface area contributed by atoms with Crippen LogP contribution in [-0.2, 0) is 65.4 Å². The van der Waals surface area contributed by atoms with Gasteiger partial charge in [0, 0.05) is 25.7 Å². The van der Waals surface area contributed by atoms with Crippen LogP contribution >= 0.6 is 15.6 Å². The molecule has 594 valence electrons. The smallest absolute Gasteiger partial charge is 0.462 e. The van der Waals surface area contributed by atoms with Crippen LogP contribution in [0.1, 0.15) is 427 Å². The van der Waals surface area contributed by atoms with E-state index in [9.17, 15) is 43.2 Å². The standard InChI is InChI=1S/C81H158O17P2/c1-7-10-12-14-16-17-18-19-20-21-24-31-36-41-47-53-59-65-80(85)97-76(69-91-78(83)63-57-51-43-15-13-11-8-2)71-95-99(87,88)93-67-75(82)68-94-100(89,90)96-72-77(98-81(86)66-60-54-48-42-37-32-25-22-23-28-33-38-44-49-55-61-73(4)5)70-92-79(84)64-58-52-46-40-35-30-27-26-29-34-39-45-50-56-62-74(6)9-3/h73-77,82H,7-72H2,1-6H3,(H,87,88)(H,89,90)/t74?,75-,76+,77+/m0/s1. The van der Waals surface area contributed by atoms with Gasteiger partial charge in [0.15, 0.2) is 12.2 Å². The molecule has 0 radical (unpaired) electrons. The first-order valence-electron chi connectivity index (χ1n) is 42.0. The third kappa shape index (κ3) is 73.0. The van der Waals surface area contributed by atoms with Crippen molar-refractivity contribution in [1.82, 2.24) is 0 Å². The number of aliphatic hydroxyl groups is 1. The Morgan fingerprint density at radius 3 is 0.760 bits per heavy atom. The van der Waals surface area contributed by atoms with Gasteiger partial charge in [-0.25, -0.2) is 9.13 Å². The summed E-state index contributed by atoms with van der Waals surface area (Å²) in [6, 6.07) is 0. The maximum atomic E-state index is 13.1. The first-order chi connectivity index (χ1) is 48.4. The molecule has 17 nitrogen and oxygen atoms in total. The van der Waals surface area contributed by atoms with E-state index in [0.717, 1.165) is 115 Å². The SMILES string of the molecule is CCCCCCCCCCCCCCCCCCCC(=O)O[C@H](COC(=O)CCCCCCCCC)COP(=O)(O)OC[C@H](O)COP(=O)(O)OC[C@@H](COC(=O)CCCCCCCCCCCCCCCCC(C)CC)OC(=O)CCCCCCCCCCCCCCCCCC(C)C. The molecule has 100 heavy (non-hydrogen) atoms. The number of phosphoric acid groups is 2. The minimum Gasteiger partial charge on any atom is -0.462 e. The van der Waals surface area contributed by atoms with Crippen LogP contribution in [0.3, 0.4) is 0 Å². The summed E-state index contributed by atoms with van der Waals surface area (Å²) in [5.74, 6) is -0.459. The maximum Gasteiger partial charge on any atom is 0.472 e. The van der Waals surface area contributed by atoms with Gasteiger partial charge in [0.2, 0.25) is 0 Å². The maximum absolute atomic E-state index is 13.1. The molecule has 0 amide bonds. The first kappa shape index (κ1) is 98.1. The van der Waals surface area contributed by atoms with Crippen LogP contribution in [-0.4, -0.2) is 96.7 Å². The predicted octanol–water partition coefficient (Wildman–Crippen LogP) is 24.3. The number of hydrogen-bond acceptors (Lipinski definition) is 15. The molecule has 0 aromatic rings. The Bertz CT molecular complexity index is 1930. The summed E-state index contributed by atoms with van der Waals surface area (Å²) < 4.78 is 68.6. The monoisotopic (exact) mass is 1470 g/mol. The molecule has 3 N–H and O–H groups in total. The second-order valence-corrected chi connectivity index (χ2v) is 32.8. The van der Waals surface area contributed by atoms with Crippen molar-refractivity contribution in [3.05, 3.63) is 0 Å². The number of ether oxygens (including phenoxy) is 4. The number of phosphoric ester groups is 2. The third-order valence-electron chi connectivity index (χ3n) is 19.3. The molecule has 0 aromatic heterocycles. The van der Waals surface area contributed by atoms with E-state index in [-0.39, 0.29) is 25.7 Å². The summed E-state index contributed by atoms with van der Waals surface area (Å²) >= 11 is 0. The molecule has 0 aliphatic rings. The van der Waals surface area contributed by atoms with Gasteiger partial charge in [0.05, 0.1) is 26.4 Å². The van der Waals surface area contributed by atoms with Crippen molar-refractivity contribution in [1.29, 1.82) is 0 Å². The van der Waals surface area contributed by atoms with E-state index in [1.54, 1.807) is 0 Å². The van der Waals surface area contributed by atoms with Crippen molar-refractivity contribution in [2.75, 3.05) is 39.6 Å². The van der Waals surface area contributed by atoms with Gasteiger partial charge in [-0.15, -0.1) is 0 Å². The fourth-order valence-corrected chi connectivity index (χ4v) is 14.1. The van der Waals surface area contributed by atoms with E-state index in [1.807, 2.05) is 0 Å². The summed E-state index contributed by atoms with van der Waals surface area (Å²) in [4.78, 5) is 72.9. The summed E-state index contributed by atoms with van der Waals surface area (Å²) in [5.41, 5.74) is 0. The van der Waals surface area contributed by atoms with Crippen molar-refractivity contribution < 1.29 is 80.2 Å². The number of carbonyl (C=O) groups excluding carboxylic acids is 4. The fraction of sp³-hybridized carbons (Fsp3) is 0.951. The molecule has 0 aromatic carbocycles. The molecular formula is C81H158O17P2. The van der Waals surface area contributed by atoms with Gasteiger partial charge in [0.25, 0.3) is 0 Å². The molecule has 0 saturated carbocycles. The number of rotatable bonds is 80. The number of aliphatic hydroxyl groups excluding tert-OH is 1. The Labute approximate surface area is 613 Å². The quantitative estimate of drug-likeness (QED) is 0.0222. The largest absolute Gasteiger partial charge is 0.472 e. The van der Waals surface area contributed by atoms with Crippen LogP contribution in [0.2, 0.25) is 0 Å². The molecule has 0 spiro atoms.